The van der Waals surface area contributed by atoms with E-state index in [1.807, 2.05) is 51.1 Å². The van der Waals surface area contributed by atoms with E-state index in [1.165, 1.54) is 7.11 Å². The van der Waals surface area contributed by atoms with Gasteiger partial charge in [0.1, 0.15) is 5.84 Å². The number of esters is 1. The number of nitrogens with zero attached hydrogens (tertiary/aromatic N) is 1. The lowest BCUT2D eigenvalue weighted by Gasteiger charge is -2.19. The summed E-state index contributed by atoms with van der Waals surface area (Å²) in [6.45, 7) is 5.69. The van der Waals surface area contributed by atoms with Crippen molar-refractivity contribution in [3.63, 3.8) is 0 Å². The second-order valence-electron chi connectivity index (χ2n) is 6.97. The lowest BCUT2D eigenvalue weighted by molar-refractivity contribution is -0.142. The normalized spacial score (nSPS) is 14.1. The topological polar surface area (TPSA) is 84.8 Å². The van der Waals surface area contributed by atoms with E-state index in [9.17, 15) is 13.2 Å². The fourth-order valence-electron chi connectivity index (χ4n) is 2.68. The molecule has 6 nitrogen and oxygen atoms in total. The zero-order chi connectivity index (χ0) is 21.4. The van der Waals surface area contributed by atoms with Crippen molar-refractivity contribution < 1.29 is 17.9 Å². The van der Waals surface area contributed by atoms with Gasteiger partial charge in [-0.2, -0.15) is 0 Å². The van der Waals surface area contributed by atoms with Gasteiger partial charge in [-0.1, -0.05) is 61.9 Å². The van der Waals surface area contributed by atoms with Crippen LogP contribution in [0.3, 0.4) is 0 Å². The van der Waals surface area contributed by atoms with Crippen LogP contribution in [0.2, 0.25) is 0 Å². The molecule has 0 aliphatic rings. The molecule has 0 bridgehead atoms. The fraction of sp³-hybridized carbons (Fsp3) is 0.364. The average Bonchev–Trinajstić information content (AvgIpc) is 2.72. The standard InChI is InChI=1S/C22H28N2O4S/c1-5-17(3)21(24-29(26,27)19-13-11-16(2)12-14-19)23-20(22(25)28-4)15-18-9-7-6-8-10-18/h6-14,17,20H,5,15H2,1-4H3,(H,23,24)/t17-,20+/m1/s1. The molecule has 2 aromatic carbocycles. The highest BCUT2D eigenvalue weighted by atomic mass is 32.2. The molecule has 0 aromatic heterocycles. The summed E-state index contributed by atoms with van der Waals surface area (Å²) in [5.74, 6) is -0.443. The van der Waals surface area contributed by atoms with Crippen molar-refractivity contribution in [1.82, 2.24) is 4.72 Å². The van der Waals surface area contributed by atoms with E-state index in [0.717, 1.165) is 11.1 Å². The molecular formula is C22H28N2O4S. The summed E-state index contributed by atoms with van der Waals surface area (Å²) in [5.41, 5.74) is 1.88. The first-order valence-corrected chi connectivity index (χ1v) is 11.0. The number of aliphatic imine (C=N–C) groups is 1. The van der Waals surface area contributed by atoms with E-state index in [0.29, 0.717) is 12.8 Å². The van der Waals surface area contributed by atoms with Gasteiger partial charge in [-0.15, -0.1) is 0 Å². The number of nitrogens with one attached hydrogen (secondary N) is 1. The maximum Gasteiger partial charge on any atom is 0.331 e. The van der Waals surface area contributed by atoms with E-state index in [2.05, 4.69) is 9.71 Å². The predicted molar refractivity (Wildman–Crippen MR) is 114 cm³/mol. The zero-order valence-electron chi connectivity index (χ0n) is 17.3. The first-order chi connectivity index (χ1) is 13.8. The van der Waals surface area contributed by atoms with Crippen LogP contribution in [0, 0.1) is 12.8 Å². The molecule has 29 heavy (non-hydrogen) atoms. The van der Waals surface area contributed by atoms with Crippen molar-refractivity contribution in [3.05, 3.63) is 65.7 Å². The number of carbonyl (C=O) groups excluding carboxylic acids is 1. The second kappa shape index (κ2) is 10.2. The first kappa shape index (κ1) is 22.6. The molecule has 0 aliphatic carbocycles. The Kier molecular flexibility index (Phi) is 7.96. The Morgan fingerprint density at radius 2 is 1.72 bits per heavy atom. The Morgan fingerprint density at radius 3 is 2.28 bits per heavy atom. The monoisotopic (exact) mass is 416 g/mol. The molecule has 0 radical (unpaired) electrons. The lowest BCUT2D eigenvalue weighted by Crippen LogP contribution is -2.37. The van der Waals surface area contributed by atoms with Crippen molar-refractivity contribution in [3.8, 4) is 0 Å². The van der Waals surface area contributed by atoms with E-state index in [1.54, 1.807) is 24.3 Å². The summed E-state index contributed by atoms with van der Waals surface area (Å²) in [7, 11) is -2.51. The molecule has 2 atom stereocenters. The van der Waals surface area contributed by atoms with E-state index in [4.69, 9.17) is 4.74 Å². The van der Waals surface area contributed by atoms with E-state index >= 15 is 0 Å². The molecular weight excluding hydrogens is 388 g/mol. The number of benzene rings is 2. The van der Waals surface area contributed by atoms with Crippen LogP contribution in [-0.4, -0.2) is 33.4 Å². The highest BCUT2D eigenvalue weighted by molar-refractivity contribution is 7.90. The zero-order valence-corrected chi connectivity index (χ0v) is 18.1. The highest BCUT2D eigenvalue weighted by Gasteiger charge is 2.24. The van der Waals surface area contributed by atoms with Gasteiger partial charge in [-0.3, -0.25) is 9.71 Å². The van der Waals surface area contributed by atoms with Crippen molar-refractivity contribution in [2.24, 2.45) is 10.9 Å². The molecule has 0 aliphatic heterocycles. The van der Waals surface area contributed by atoms with Gasteiger partial charge < -0.3 is 4.74 Å². The molecule has 2 aromatic rings. The molecule has 0 unspecified atom stereocenters. The Hall–Kier alpha value is -2.67. The first-order valence-electron chi connectivity index (χ1n) is 9.55. The number of ether oxygens (including phenoxy) is 1. The largest absolute Gasteiger partial charge is 0.467 e. The second-order valence-corrected chi connectivity index (χ2v) is 8.65. The maximum absolute atomic E-state index is 12.8. The third-order valence-electron chi connectivity index (χ3n) is 4.69. The number of carbonyl (C=O) groups is 1. The molecule has 0 saturated heterocycles. The third kappa shape index (κ3) is 6.42. The summed E-state index contributed by atoms with van der Waals surface area (Å²) < 4.78 is 33.2. The van der Waals surface area contributed by atoms with Gasteiger partial charge in [0.05, 0.1) is 12.0 Å². The Morgan fingerprint density at radius 1 is 1.10 bits per heavy atom. The molecule has 156 valence electrons. The molecule has 0 amide bonds. The van der Waals surface area contributed by atoms with Crippen LogP contribution in [0.1, 0.15) is 31.4 Å². The van der Waals surface area contributed by atoms with Gasteiger partial charge in [0, 0.05) is 12.3 Å². The Bertz CT molecular complexity index is 939. The van der Waals surface area contributed by atoms with Crippen molar-refractivity contribution >= 4 is 21.8 Å². The quantitative estimate of drug-likeness (QED) is 0.405. The number of sulfonamides is 1. The molecule has 0 spiro atoms. The predicted octanol–water partition coefficient (Wildman–Crippen LogP) is 3.50. The van der Waals surface area contributed by atoms with E-state index < -0.39 is 22.0 Å². The van der Waals surface area contributed by atoms with Gasteiger partial charge in [0.15, 0.2) is 6.04 Å². The summed E-state index contributed by atoms with van der Waals surface area (Å²) in [6.07, 6.45) is 0.980. The average molecular weight is 417 g/mol. The highest BCUT2D eigenvalue weighted by Crippen LogP contribution is 2.15. The lowest BCUT2D eigenvalue weighted by atomic mass is 10.1. The van der Waals surface area contributed by atoms with Gasteiger partial charge in [-0.05, 0) is 31.0 Å². The minimum atomic E-state index is -3.82. The third-order valence-corrected chi connectivity index (χ3v) is 6.06. The van der Waals surface area contributed by atoms with Crippen LogP contribution in [-0.2, 0) is 26.0 Å². The van der Waals surface area contributed by atoms with Crippen molar-refractivity contribution in [2.75, 3.05) is 7.11 Å². The minimum Gasteiger partial charge on any atom is -0.467 e. The maximum atomic E-state index is 12.8. The number of methoxy groups -OCH3 is 1. The number of hydrogen-bond acceptors (Lipinski definition) is 5. The molecule has 2 rings (SSSR count). The molecule has 7 heteroatoms. The van der Waals surface area contributed by atoms with Crippen LogP contribution >= 0.6 is 0 Å². The van der Waals surface area contributed by atoms with Crippen LogP contribution in [0.15, 0.2) is 64.5 Å². The minimum absolute atomic E-state index is 0.150. The fourth-order valence-corrected chi connectivity index (χ4v) is 3.83. The van der Waals surface area contributed by atoms with Crippen LogP contribution in [0.4, 0.5) is 0 Å². The van der Waals surface area contributed by atoms with Gasteiger partial charge >= 0.3 is 5.97 Å². The van der Waals surface area contributed by atoms with Crippen molar-refractivity contribution in [2.45, 2.75) is 44.6 Å². The SMILES string of the molecule is CC[C@@H](C)C(=N[C@@H](Cc1ccccc1)C(=O)OC)NS(=O)(=O)c1ccc(C)cc1. The summed E-state index contributed by atoms with van der Waals surface area (Å²) in [5, 5.41) is 0. The molecule has 0 heterocycles. The number of amidine groups is 1. The van der Waals surface area contributed by atoms with Gasteiger partial charge in [0.2, 0.25) is 0 Å². The van der Waals surface area contributed by atoms with Crippen LogP contribution in [0.25, 0.3) is 0 Å². The summed E-state index contributed by atoms with van der Waals surface area (Å²) in [4.78, 5) is 17.0. The molecule has 0 fully saturated rings. The number of hydrogen-bond donors (Lipinski definition) is 1. The molecule has 1 N–H and O–H groups in total. The molecule has 0 saturated carbocycles. The summed E-state index contributed by atoms with van der Waals surface area (Å²) >= 11 is 0. The number of rotatable bonds is 8. The van der Waals surface area contributed by atoms with Gasteiger partial charge in [0.25, 0.3) is 10.0 Å². The smallest absolute Gasteiger partial charge is 0.331 e. The van der Waals surface area contributed by atoms with Gasteiger partial charge in [-0.25, -0.2) is 13.2 Å². The van der Waals surface area contributed by atoms with Crippen molar-refractivity contribution in [1.29, 1.82) is 0 Å². The van der Waals surface area contributed by atoms with Crippen LogP contribution in [0.5, 0.6) is 0 Å². The number of aryl methyl sites for hydroxylation is 1. The van der Waals surface area contributed by atoms with Crippen LogP contribution < -0.4 is 4.72 Å². The Balaban J connectivity index is 2.38. The summed E-state index contributed by atoms with van der Waals surface area (Å²) in [6, 6.07) is 15.2. The van der Waals surface area contributed by atoms with E-state index in [-0.39, 0.29) is 16.6 Å². The Labute approximate surface area is 173 Å².